The number of carbonyl (C=O) groups excluding carboxylic acids is 2. The fraction of sp³-hybridized carbons (Fsp3) is 0.292. The Bertz CT molecular complexity index is 1020. The van der Waals surface area contributed by atoms with E-state index in [9.17, 15) is 9.59 Å². The average Bonchev–Trinajstić information content (AvgIpc) is 3.10. The van der Waals surface area contributed by atoms with Gasteiger partial charge in [-0.15, -0.1) is 11.8 Å². The Hall–Kier alpha value is -3.06. The van der Waals surface area contributed by atoms with E-state index in [0.29, 0.717) is 29.2 Å². The van der Waals surface area contributed by atoms with Gasteiger partial charge in [0, 0.05) is 21.9 Å². The Morgan fingerprint density at radius 3 is 2.52 bits per heavy atom. The zero-order chi connectivity index (χ0) is 22.2. The minimum Gasteiger partial charge on any atom is -0.462 e. The Morgan fingerprint density at radius 1 is 1.10 bits per heavy atom. The molecule has 0 aliphatic carbocycles. The summed E-state index contributed by atoms with van der Waals surface area (Å²) in [6.45, 7) is 6.25. The molecule has 0 fully saturated rings. The van der Waals surface area contributed by atoms with E-state index in [-0.39, 0.29) is 11.9 Å². The third-order valence-electron chi connectivity index (χ3n) is 4.79. The summed E-state index contributed by atoms with van der Waals surface area (Å²) in [6.07, 6.45) is 1.81. The van der Waals surface area contributed by atoms with Gasteiger partial charge < -0.3 is 14.6 Å². The van der Waals surface area contributed by atoms with Gasteiger partial charge in [0.05, 0.1) is 23.4 Å². The molecule has 0 aliphatic rings. The number of esters is 1. The van der Waals surface area contributed by atoms with Crippen molar-refractivity contribution >= 4 is 29.3 Å². The first-order valence-corrected chi connectivity index (χ1v) is 11.2. The zero-order valence-electron chi connectivity index (χ0n) is 17.9. The molecule has 2 aromatic carbocycles. The lowest BCUT2D eigenvalue weighted by Gasteiger charge is -2.10. The van der Waals surface area contributed by atoms with E-state index in [1.54, 1.807) is 42.1 Å². The number of rotatable bonds is 9. The van der Waals surface area contributed by atoms with Gasteiger partial charge in [-0.2, -0.15) is 0 Å². The molecule has 1 amide bonds. The molecule has 1 heterocycles. The van der Waals surface area contributed by atoms with Gasteiger partial charge in [0.15, 0.2) is 0 Å². The predicted molar refractivity (Wildman–Crippen MR) is 122 cm³/mol. The van der Waals surface area contributed by atoms with Gasteiger partial charge in [0.1, 0.15) is 5.76 Å². The first kappa shape index (κ1) is 22.6. The number of hydrogen-bond donors (Lipinski definition) is 1. The first-order valence-electron chi connectivity index (χ1n) is 10.2. The SMILES string of the molecule is CCCCOC(=O)c1ccc(NC(=O)c2ccccc2SCc2c(C)noc2C)cc1. The highest BCUT2D eigenvalue weighted by atomic mass is 32.2. The second kappa shape index (κ2) is 10.8. The van der Waals surface area contributed by atoms with Crippen molar-refractivity contribution in [3.63, 3.8) is 0 Å². The number of thioether (sulfide) groups is 1. The van der Waals surface area contributed by atoms with Crippen LogP contribution < -0.4 is 5.32 Å². The van der Waals surface area contributed by atoms with Gasteiger partial charge in [-0.3, -0.25) is 4.79 Å². The minimum absolute atomic E-state index is 0.208. The van der Waals surface area contributed by atoms with Crippen LogP contribution in [0.15, 0.2) is 57.9 Å². The summed E-state index contributed by atoms with van der Waals surface area (Å²) in [7, 11) is 0. The van der Waals surface area contributed by atoms with Gasteiger partial charge in [-0.1, -0.05) is 30.6 Å². The lowest BCUT2D eigenvalue weighted by atomic mass is 10.2. The van der Waals surface area contributed by atoms with Gasteiger partial charge in [-0.25, -0.2) is 4.79 Å². The van der Waals surface area contributed by atoms with Crippen molar-refractivity contribution in [1.29, 1.82) is 0 Å². The molecule has 3 aromatic rings. The van der Waals surface area contributed by atoms with E-state index in [0.717, 1.165) is 34.8 Å². The van der Waals surface area contributed by atoms with Crippen LogP contribution in [0.5, 0.6) is 0 Å². The van der Waals surface area contributed by atoms with Crippen LogP contribution in [0.2, 0.25) is 0 Å². The number of nitrogens with zero attached hydrogens (tertiary/aromatic N) is 1. The maximum absolute atomic E-state index is 12.9. The van der Waals surface area contributed by atoms with E-state index in [1.807, 2.05) is 39.0 Å². The van der Waals surface area contributed by atoms with Crippen molar-refractivity contribution in [3.8, 4) is 0 Å². The maximum Gasteiger partial charge on any atom is 0.338 e. The fourth-order valence-electron chi connectivity index (χ4n) is 2.92. The summed E-state index contributed by atoms with van der Waals surface area (Å²) in [5, 5.41) is 6.88. The molecule has 0 bridgehead atoms. The van der Waals surface area contributed by atoms with Crippen molar-refractivity contribution in [3.05, 3.63) is 76.7 Å². The molecule has 0 radical (unpaired) electrons. The summed E-state index contributed by atoms with van der Waals surface area (Å²) in [5.74, 6) is 0.896. The lowest BCUT2D eigenvalue weighted by molar-refractivity contribution is 0.0499. The Kier molecular flexibility index (Phi) is 7.89. The smallest absolute Gasteiger partial charge is 0.338 e. The predicted octanol–water partition coefficient (Wildman–Crippen LogP) is 5.79. The number of nitrogens with one attached hydrogen (secondary N) is 1. The molecule has 162 valence electrons. The number of unbranched alkanes of at least 4 members (excludes halogenated alkanes) is 1. The molecule has 6 nitrogen and oxygen atoms in total. The summed E-state index contributed by atoms with van der Waals surface area (Å²) < 4.78 is 10.4. The van der Waals surface area contributed by atoms with Crippen molar-refractivity contribution in [2.75, 3.05) is 11.9 Å². The number of carbonyl (C=O) groups is 2. The van der Waals surface area contributed by atoms with Crippen LogP contribution in [-0.4, -0.2) is 23.6 Å². The number of aryl methyl sites for hydroxylation is 2. The highest BCUT2D eigenvalue weighted by molar-refractivity contribution is 7.98. The molecule has 3 rings (SSSR count). The largest absolute Gasteiger partial charge is 0.462 e. The monoisotopic (exact) mass is 438 g/mol. The van der Waals surface area contributed by atoms with Crippen LogP contribution in [0, 0.1) is 13.8 Å². The van der Waals surface area contributed by atoms with E-state index in [4.69, 9.17) is 9.26 Å². The van der Waals surface area contributed by atoms with Gasteiger partial charge >= 0.3 is 5.97 Å². The number of ether oxygens (including phenoxy) is 1. The highest BCUT2D eigenvalue weighted by Crippen LogP contribution is 2.29. The summed E-state index contributed by atoms with van der Waals surface area (Å²) >= 11 is 1.57. The lowest BCUT2D eigenvalue weighted by Crippen LogP contribution is -2.13. The average molecular weight is 439 g/mol. The second-order valence-corrected chi connectivity index (χ2v) is 8.13. The molecule has 1 aromatic heterocycles. The summed E-state index contributed by atoms with van der Waals surface area (Å²) in [5.41, 5.74) is 3.56. The zero-order valence-corrected chi connectivity index (χ0v) is 18.8. The van der Waals surface area contributed by atoms with Crippen molar-refractivity contribution in [2.45, 2.75) is 44.3 Å². The summed E-state index contributed by atoms with van der Waals surface area (Å²) in [4.78, 5) is 25.8. The standard InChI is InChI=1S/C24H26N2O4S/c1-4-5-14-29-24(28)18-10-12-19(13-11-18)25-23(27)20-8-6-7-9-22(20)31-15-21-16(2)26-30-17(21)3/h6-13H,4-5,14-15H2,1-3H3,(H,25,27). The van der Waals surface area contributed by atoms with Gasteiger partial charge in [0.2, 0.25) is 0 Å². The van der Waals surface area contributed by atoms with Crippen LogP contribution in [0.3, 0.4) is 0 Å². The molecular weight excluding hydrogens is 412 g/mol. The van der Waals surface area contributed by atoms with Crippen LogP contribution in [0.4, 0.5) is 5.69 Å². The number of anilines is 1. The van der Waals surface area contributed by atoms with E-state index in [2.05, 4.69) is 10.5 Å². The van der Waals surface area contributed by atoms with E-state index >= 15 is 0 Å². The molecule has 0 saturated heterocycles. The van der Waals surface area contributed by atoms with Crippen LogP contribution in [0.25, 0.3) is 0 Å². The molecule has 0 saturated carbocycles. The quantitative estimate of drug-likeness (QED) is 0.259. The highest BCUT2D eigenvalue weighted by Gasteiger charge is 2.15. The molecule has 31 heavy (non-hydrogen) atoms. The normalized spacial score (nSPS) is 10.7. The molecule has 0 atom stereocenters. The molecular formula is C24H26N2O4S. The number of benzene rings is 2. The number of aromatic nitrogens is 1. The molecule has 0 spiro atoms. The minimum atomic E-state index is -0.354. The van der Waals surface area contributed by atoms with Crippen LogP contribution in [-0.2, 0) is 10.5 Å². The van der Waals surface area contributed by atoms with Gasteiger partial charge in [0.25, 0.3) is 5.91 Å². The number of hydrogen-bond acceptors (Lipinski definition) is 6. The Balaban J connectivity index is 1.65. The Labute approximate surface area is 186 Å². The third-order valence-corrected chi connectivity index (χ3v) is 5.89. The fourth-order valence-corrected chi connectivity index (χ4v) is 4.12. The molecule has 7 heteroatoms. The first-order chi connectivity index (χ1) is 15.0. The maximum atomic E-state index is 12.9. The van der Waals surface area contributed by atoms with E-state index < -0.39 is 0 Å². The molecule has 1 N–H and O–H groups in total. The third kappa shape index (κ3) is 5.98. The van der Waals surface area contributed by atoms with Crippen molar-refractivity contribution in [1.82, 2.24) is 5.16 Å². The molecule has 0 unspecified atom stereocenters. The molecule has 0 aliphatic heterocycles. The van der Waals surface area contributed by atoms with E-state index in [1.165, 1.54) is 0 Å². The van der Waals surface area contributed by atoms with Crippen LogP contribution >= 0.6 is 11.8 Å². The van der Waals surface area contributed by atoms with Crippen molar-refractivity contribution < 1.29 is 18.8 Å². The topological polar surface area (TPSA) is 81.4 Å². The second-order valence-electron chi connectivity index (χ2n) is 7.11. The summed E-state index contributed by atoms with van der Waals surface area (Å²) in [6, 6.07) is 14.2. The van der Waals surface area contributed by atoms with Gasteiger partial charge in [-0.05, 0) is 56.7 Å². The Morgan fingerprint density at radius 2 is 1.84 bits per heavy atom. The van der Waals surface area contributed by atoms with Crippen LogP contribution in [0.1, 0.15) is 57.5 Å². The number of amides is 1. The van der Waals surface area contributed by atoms with Crippen molar-refractivity contribution in [2.24, 2.45) is 0 Å².